The second-order valence-corrected chi connectivity index (χ2v) is 2.79. The second kappa shape index (κ2) is 5.21. The maximum Gasteiger partial charge on any atom is 0.151 e. The molecule has 5 heteroatoms. The number of azide groups is 1. The van der Waals surface area contributed by atoms with Crippen molar-refractivity contribution in [2.75, 3.05) is 6.54 Å². The number of alkyl halides is 1. The lowest BCUT2D eigenvalue weighted by molar-refractivity contribution is 0.0847. The highest BCUT2D eigenvalue weighted by Crippen LogP contribution is 2.21. The molecule has 0 saturated heterocycles. The van der Waals surface area contributed by atoms with E-state index in [2.05, 4.69) is 10.0 Å². The van der Waals surface area contributed by atoms with Crippen molar-refractivity contribution in [1.82, 2.24) is 0 Å². The number of aliphatic hydroxyl groups is 1. The van der Waals surface area contributed by atoms with Crippen molar-refractivity contribution < 1.29 is 9.50 Å². The second-order valence-electron chi connectivity index (χ2n) is 2.79. The minimum Gasteiger partial charge on any atom is -0.390 e. The molecule has 0 saturated carbocycles. The lowest BCUT2D eigenvalue weighted by Crippen LogP contribution is -2.17. The first kappa shape index (κ1) is 10.5. The zero-order valence-corrected chi connectivity index (χ0v) is 7.42. The number of halogens is 1. The molecule has 0 heterocycles. The third-order valence-electron chi connectivity index (χ3n) is 1.79. The molecule has 1 aromatic carbocycles. The third-order valence-corrected chi connectivity index (χ3v) is 1.79. The van der Waals surface area contributed by atoms with Gasteiger partial charge >= 0.3 is 0 Å². The number of nitrogens with zero attached hydrogens (tertiary/aromatic N) is 3. The van der Waals surface area contributed by atoms with E-state index in [1.165, 1.54) is 0 Å². The molecule has 14 heavy (non-hydrogen) atoms. The van der Waals surface area contributed by atoms with E-state index in [9.17, 15) is 9.50 Å². The van der Waals surface area contributed by atoms with Gasteiger partial charge in [0.2, 0.25) is 0 Å². The van der Waals surface area contributed by atoms with E-state index in [1.54, 1.807) is 30.3 Å². The number of hydrogen-bond acceptors (Lipinski definition) is 2. The summed E-state index contributed by atoms with van der Waals surface area (Å²) in [5.41, 5.74) is 8.37. The average Bonchev–Trinajstić information content (AvgIpc) is 2.26. The fraction of sp³-hybridized carbons (Fsp3) is 0.333. The molecule has 0 aliphatic rings. The van der Waals surface area contributed by atoms with E-state index in [1.807, 2.05) is 0 Å². The maximum absolute atomic E-state index is 13.4. The summed E-state index contributed by atoms with van der Waals surface area (Å²) < 4.78 is 13.4. The predicted molar refractivity (Wildman–Crippen MR) is 50.3 cm³/mol. The Kier molecular flexibility index (Phi) is 3.91. The third kappa shape index (κ3) is 2.73. The Morgan fingerprint density at radius 3 is 2.64 bits per heavy atom. The van der Waals surface area contributed by atoms with Crippen LogP contribution in [0.3, 0.4) is 0 Å². The van der Waals surface area contributed by atoms with Gasteiger partial charge in [-0.15, -0.1) is 0 Å². The molecule has 0 amide bonds. The average molecular weight is 195 g/mol. The molecule has 0 radical (unpaired) electrons. The highest BCUT2D eigenvalue weighted by molar-refractivity contribution is 5.18. The normalized spacial score (nSPS) is 14.1. The maximum atomic E-state index is 13.4. The first-order valence-corrected chi connectivity index (χ1v) is 4.13. The zero-order valence-electron chi connectivity index (χ0n) is 7.42. The van der Waals surface area contributed by atoms with Gasteiger partial charge in [-0.3, -0.25) is 0 Å². The highest BCUT2D eigenvalue weighted by atomic mass is 19.1. The molecular formula is C9H10FN3O. The first-order valence-electron chi connectivity index (χ1n) is 4.13. The summed E-state index contributed by atoms with van der Waals surface area (Å²) in [4.78, 5) is 2.45. The molecule has 1 aromatic rings. The van der Waals surface area contributed by atoms with Crippen LogP contribution in [0, 0.1) is 0 Å². The van der Waals surface area contributed by atoms with Crippen LogP contribution in [0.25, 0.3) is 10.4 Å². The summed E-state index contributed by atoms with van der Waals surface area (Å²) in [5.74, 6) is 0. The number of benzene rings is 1. The van der Waals surface area contributed by atoms with Gasteiger partial charge in [-0.25, -0.2) is 4.39 Å². The van der Waals surface area contributed by atoms with Crippen molar-refractivity contribution >= 4 is 0 Å². The number of aliphatic hydroxyl groups excluding tert-OH is 1. The van der Waals surface area contributed by atoms with Crippen molar-refractivity contribution in [2.24, 2.45) is 5.11 Å². The highest BCUT2D eigenvalue weighted by Gasteiger charge is 2.18. The van der Waals surface area contributed by atoms with Crippen molar-refractivity contribution in [3.8, 4) is 0 Å². The van der Waals surface area contributed by atoms with Crippen LogP contribution in [0.15, 0.2) is 35.4 Å². The summed E-state index contributed by atoms with van der Waals surface area (Å²) >= 11 is 0. The summed E-state index contributed by atoms with van der Waals surface area (Å²) in [6.45, 7) is -0.257. The fourth-order valence-corrected chi connectivity index (χ4v) is 1.07. The lowest BCUT2D eigenvalue weighted by Gasteiger charge is -2.13. The van der Waals surface area contributed by atoms with Gasteiger partial charge in [-0.2, -0.15) is 0 Å². The van der Waals surface area contributed by atoms with Gasteiger partial charge in [0.1, 0.15) is 0 Å². The molecular weight excluding hydrogens is 185 g/mol. The molecule has 2 atom stereocenters. The van der Waals surface area contributed by atoms with Crippen LogP contribution < -0.4 is 0 Å². The Hall–Kier alpha value is -1.58. The standard InChI is InChI=1S/C9H10FN3O/c10-9(8(14)6-12-13-11)7-4-2-1-3-5-7/h1-5,8-9,14H,6H2/t8-,9+/m1/s1. The Morgan fingerprint density at radius 2 is 2.07 bits per heavy atom. The van der Waals surface area contributed by atoms with Crippen LogP contribution in [0.4, 0.5) is 4.39 Å². The Labute approximate surface area is 80.6 Å². The SMILES string of the molecule is [N-]=[N+]=NC[C@@H](O)[C@@H](F)c1ccccc1. The molecule has 0 fully saturated rings. The van der Waals surface area contributed by atoms with E-state index in [0.717, 1.165) is 0 Å². The van der Waals surface area contributed by atoms with Crippen molar-refractivity contribution in [3.63, 3.8) is 0 Å². The van der Waals surface area contributed by atoms with E-state index in [0.29, 0.717) is 5.56 Å². The minimum absolute atomic E-state index is 0.257. The van der Waals surface area contributed by atoms with Crippen molar-refractivity contribution in [2.45, 2.75) is 12.3 Å². The molecule has 0 spiro atoms. The van der Waals surface area contributed by atoms with Crippen LogP contribution in [0.1, 0.15) is 11.7 Å². The molecule has 1 N–H and O–H groups in total. The smallest absolute Gasteiger partial charge is 0.151 e. The van der Waals surface area contributed by atoms with Gasteiger partial charge in [0.25, 0.3) is 0 Å². The summed E-state index contributed by atoms with van der Waals surface area (Å²) in [6.07, 6.45) is -2.80. The molecule has 0 unspecified atom stereocenters. The summed E-state index contributed by atoms with van der Waals surface area (Å²) in [7, 11) is 0. The molecule has 0 aromatic heterocycles. The van der Waals surface area contributed by atoms with Crippen molar-refractivity contribution in [3.05, 3.63) is 46.3 Å². The number of rotatable bonds is 4. The lowest BCUT2D eigenvalue weighted by atomic mass is 10.1. The van der Waals surface area contributed by atoms with Gasteiger partial charge in [-0.05, 0) is 11.1 Å². The molecule has 0 aliphatic heterocycles. The topological polar surface area (TPSA) is 69.0 Å². The Balaban J connectivity index is 2.65. The van der Waals surface area contributed by atoms with Crippen LogP contribution in [-0.2, 0) is 0 Å². The molecule has 4 nitrogen and oxygen atoms in total. The van der Waals surface area contributed by atoms with Gasteiger partial charge in [-0.1, -0.05) is 35.4 Å². The van der Waals surface area contributed by atoms with Crippen molar-refractivity contribution in [1.29, 1.82) is 0 Å². The Bertz CT molecular complexity index is 324. The van der Waals surface area contributed by atoms with Gasteiger partial charge in [0.05, 0.1) is 12.6 Å². The van der Waals surface area contributed by atoms with Crippen LogP contribution >= 0.6 is 0 Å². The molecule has 0 aliphatic carbocycles. The minimum atomic E-state index is -1.51. The number of hydrogen-bond donors (Lipinski definition) is 1. The molecule has 0 bridgehead atoms. The largest absolute Gasteiger partial charge is 0.390 e. The first-order chi connectivity index (χ1) is 6.75. The van der Waals surface area contributed by atoms with E-state index in [-0.39, 0.29) is 6.54 Å². The summed E-state index contributed by atoms with van der Waals surface area (Å²) in [5, 5.41) is 12.4. The predicted octanol–water partition coefficient (Wildman–Crippen LogP) is 2.37. The van der Waals surface area contributed by atoms with Crippen LogP contribution in [-0.4, -0.2) is 17.8 Å². The van der Waals surface area contributed by atoms with E-state index >= 15 is 0 Å². The Morgan fingerprint density at radius 1 is 1.43 bits per heavy atom. The van der Waals surface area contributed by atoms with Gasteiger partial charge in [0, 0.05) is 4.91 Å². The van der Waals surface area contributed by atoms with Gasteiger partial charge < -0.3 is 5.11 Å². The summed E-state index contributed by atoms with van der Waals surface area (Å²) in [6, 6.07) is 8.27. The van der Waals surface area contributed by atoms with Gasteiger partial charge in [0.15, 0.2) is 6.17 Å². The van der Waals surface area contributed by atoms with E-state index in [4.69, 9.17) is 5.53 Å². The monoisotopic (exact) mass is 195 g/mol. The van der Waals surface area contributed by atoms with Crippen LogP contribution in [0.5, 0.6) is 0 Å². The molecule has 74 valence electrons. The molecule has 1 rings (SSSR count). The fourth-order valence-electron chi connectivity index (χ4n) is 1.07. The quantitative estimate of drug-likeness (QED) is 0.447. The van der Waals surface area contributed by atoms with Crippen LogP contribution in [0.2, 0.25) is 0 Å². The zero-order chi connectivity index (χ0) is 10.4. The van der Waals surface area contributed by atoms with E-state index < -0.39 is 12.3 Å².